The fourth-order valence-electron chi connectivity index (χ4n) is 1.61. The molecule has 1 aromatic carbocycles. The summed E-state index contributed by atoms with van der Waals surface area (Å²) >= 11 is 0. The molecular formula is C13H13FN2O2. The molecule has 1 heterocycles. The largest absolute Gasteiger partial charge is 0.472 e. The smallest absolute Gasteiger partial charge is 0.254 e. The van der Waals surface area contributed by atoms with Crippen LogP contribution in [0.4, 0.5) is 10.1 Å². The second kappa shape index (κ2) is 4.91. The van der Waals surface area contributed by atoms with Gasteiger partial charge >= 0.3 is 0 Å². The predicted molar refractivity (Wildman–Crippen MR) is 65.3 cm³/mol. The Labute approximate surface area is 104 Å². The first-order valence-electron chi connectivity index (χ1n) is 5.39. The second-order valence-corrected chi connectivity index (χ2v) is 4.03. The average molecular weight is 248 g/mol. The second-order valence-electron chi connectivity index (χ2n) is 4.03. The Morgan fingerprint density at radius 2 is 2.22 bits per heavy atom. The van der Waals surface area contributed by atoms with E-state index in [0.29, 0.717) is 6.54 Å². The molecule has 0 aliphatic carbocycles. The van der Waals surface area contributed by atoms with E-state index in [1.54, 1.807) is 19.4 Å². The molecule has 1 amide bonds. The van der Waals surface area contributed by atoms with Gasteiger partial charge in [0.1, 0.15) is 5.82 Å². The van der Waals surface area contributed by atoms with Crippen LogP contribution in [-0.4, -0.2) is 17.9 Å². The van der Waals surface area contributed by atoms with Crippen LogP contribution in [0.1, 0.15) is 15.9 Å². The highest BCUT2D eigenvalue weighted by Crippen LogP contribution is 2.14. The molecule has 94 valence electrons. The lowest BCUT2D eigenvalue weighted by molar-refractivity contribution is 0.0784. The van der Waals surface area contributed by atoms with Crippen LogP contribution in [0.5, 0.6) is 0 Å². The van der Waals surface area contributed by atoms with Crippen molar-refractivity contribution < 1.29 is 13.6 Å². The Morgan fingerprint density at radius 1 is 1.44 bits per heavy atom. The van der Waals surface area contributed by atoms with Crippen LogP contribution in [-0.2, 0) is 6.54 Å². The molecule has 2 N–H and O–H groups in total. The Bertz CT molecular complexity index is 552. The highest BCUT2D eigenvalue weighted by Gasteiger charge is 2.14. The summed E-state index contributed by atoms with van der Waals surface area (Å²) in [6, 6.07) is 5.80. The van der Waals surface area contributed by atoms with Crippen LogP contribution in [0.2, 0.25) is 0 Å². The third-order valence-corrected chi connectivity index (χ3v) is 2.59. The molecule has 0 bridgehead atoms. The zero-order valence-electron chi connectivity index (χ0n) is 9.89. The van der Waals surface area contributed by atoms with E-state index in [1.807, 2.05) is 0 Å². The number of furan rings is 1. The van der Waals surface area contributed by atoms with Crippen LogP contribution in [0.25, 0.3) is 0 Å². The van der Waals surface area contributed by atoms with Gasteiger partial charge in [-0.1, -0.05) is 0 Å². The maximum atomic E-state index is 13.3. The van der Waals surface area contributed by atoms with Crippen molar-refractivity contribution in [1.82, 2.24) is 4.90 Å². The summed E-state index contributed by atoms with van der Waals surface area (Å²) in [6.07, 6.45) is 3.10. The number of nitrogens with zero attached hydrogens (tertiary/aromatic N) is 1. The summed E-state index contributed by atoms with van der Waals surface area (Å²) in [4.78, 5) is 13.5. The molecule has 0 radical (unpaired) electrons. The fourth-order valence-corrected chi connectivity index (χ4v) is 1.61. The number of carbonyl (C=O) groups excluding carboxylic acids is 1. The van der Waals surface area contributed by atoms with E-state index >= 15 is 0 Å². The number of halogens is 1. The van der Waals surface area contributed by atoms with Gasteiger partial charge in [0.25, 0.3) is 5.91 Å². The van der Waals surface area contributed by atoms with Gasteiger partial charge in [-0.05, 0) is 24.3 Å². The summed E-state index contributed by atoms with van der Waals surface area (Å²) in [5.74, 6) is -0.854. The number of hydrogen-bond acceptors (Lipinski definition) is 3. The number of nitrogen functional groups attached to an aromatic ring is 1. The number of hydrogen-bond donors (Lipinski definition) is 1. The summed E-state index contributed by atoms with van der Waals surface area (Å²) < 4.78 is 18.2. The molecular weight excluding hydrogens is 235 g/mol. The molecule has 0 aliphatic rings. The number of rotatable bonds is 3. The van der Waals surface area contributed by atoms with Crippen molar-refractivity contribution in [2.45, 2.75) is 6.54 Å². The molecule has 2 aromatic rings. The normalized spacial score (nSPS) is 10.3. The van der Waals surface area contributed by atoms with Crippen molar-refractivity contribution >= 4 is 11.6 Å². The summed E-state index contributed by atoms with van der Waals surface area (Å²) in [7, 11) is 1.64. The Hall–Kier alpha value is -2.30. The highest BCUT2D eigenvalue weighted by atomic mass is 19.1. The van der Waals surface area contributed by atoms with E-state index in [0.717, 1.165) is 11.6 Å². The number of nitrogens with two attached hydrogens (primary N) is 1. The topological polar surface area (TPSA) is 59.5 Å². The van der Waals surface area contributed by atoms with Crippen molar-refractivity contribution in [3.63, 3.8) is 0 Å². The quantitative estimate of drug-likeness (QED) is 0.848. The van der Waals surface area contributed by atoms with E-state index in [-0.39, 0.29) is 17.2 Å². The van der Waals surface area contributed by atoms with Gasteiger partial charge in [-0.25, -0.2) is 4.39 Å². The Morgan fingerprint density at radius 3 is 2.83 bits per heavy atom. The van der Waals surface area contributed by atoms with Crippen LogP contribution in [0.3, 0.4) is 0 Å². The summed E-state index contributed by atoms with van der Waals surface area (Å²) in [6.45, 7) is 0.404. The van der Waals surface area contributed by atoms with Crippen molar-refractivity contribution in [1.29, 1.82) is 0 Å². The number of amides is 1. The molecule has 1 aromatic heterocycles. The minimum Gasteiger partial charge on any atom is -0.472 e. The lowest BCUT2D eigenvalue weighted by atomic mass is 10.1. The first-order valence-corrected chi connectivity index (χ1v) is 5.39. The van der Waals surface area contributed by atoms with Crippen LogP contribution in [0.15, 0.2) is 41.2 Å². The van der Waals surface area contributed by atoms with Crippen molar-refractivity contribution in [3.8, 4) is 0 Å². The van der Waals surface area contributed by atoms with Gasteiger partial charge in [0, 0.05) is 24.7 Å². The maximum Gasteiger partial charge on any atom is 0.254 e. The highest BCUT2D eigenvalue weighted by molar-refractivity contribution is 5.94. The molecule has 0 aliphatic heterocycles. The van der Waals surface area contributed by atoms with Crippen LogP contribution < -0.4 is 5.73 Å². The third kappa shape index (κ3) is 2.51. The van der Waals surface area contributed by atoms with E-state index in [9.17, 15) is 9.18 Å². The molecule has 0 spiro atoms. The SMILES string of the molecule is CN(Cc1ccoc1)C(=O)c1ccc(N)c(F)c1. The Balaban J connectivity index is 2.12. The van der Waals surface area contributed by atoms with E-state index in [2.05, 4.69) is 0 Å². The first-order chi connectivity index (χ1) is 8.58. The maximum absolute atomic E-state index is 13.3. The minimum absolute atomic E-state index is 0.0315. The Kier molecular flexibility index (Phi) is 3.32. The molecule has 0 atom stereocenters. The fraction of sp³-hybridized carbons (Fsp3) is 0.154. The molecule has 4 nitrogen and oxygen atoms in total. The van der Waals surface area contributed by atoms with Crippen molar-refractivity contribution in [2.75, 3.05) is 12.8 Å². The zero-order chi connectivity index (χ0) is 13.1. The molecule has 0 saturated heterocycles. The zero-order valence-corrected chi connectivity index (χ0v) is 9.89. The molecule has 2 rings (SSSR count). The van der Waals surface area contributed by atoms with Gasteiger partial charge in [-0.15, -0.1) is 0 Å². The standard InChI is InChI=1S/C13H13FN2O2/c1-16(7-9-4-5-18-8-9)13(17)10-2-3-12(15)11(14)6-10/h2-6,8H,7,15H2,1H3. The first kappa shape index (κ1) is 12.2. The number of carbonyl (C=O) groups is 1. The third-order valence-electron chi connectivity index (χ3n) is 2.59. The number of anilines is 1. The minimum atomic E-state index is -0.586. The van der Waals surface area contributed by atoms with E-state index in [1.165, 1.54) is 23.3 Å². The average Bonchev–Trinajstić information content (AvgIpc) is 2.84. The number of benzene rings is 1. The summed E-state index contributed by atoms with van der Waals surface area (Å²) in [5, 5.41) is 0. The van der Waals surface area contributed by atoms with Gasteiger partial charge in [0.05, 0.1) is 18.2 Å². The van der Waals surface area contributed by atoms with Gasteiger partial charge in [0.15, 0.2) is 0 Å². The predicted octanol–water partition coefficient (Wildman–Crippen LogP) is 2.27. The molecule has 5 heteroatoms. The molecule has 18 heavy (non-hydrogen) atoms. The van der Waals surface area contributed by atoms with E-state index < -0.39 is 5.82 Å². The molecule has 0 fully saturated rings. The lowest BCUT2D eigenvalue weighted by Crippen LogP contribution is -2.26. The summed E-state index contributed by atoms with van der Waals surface area (Å²) in [5.41, 5.74) is 6.54. The van der Waals surface area contributed by atoms with Crippen LogP contribution in [0, 0.1) is 5.82 Å². The van der Waals surface area contributed by atoms with Gasteiger partial charge in [-0.2, -0.15) is 0 Å². The van der Waals surface area contributed by atoms with Crippen molar-refractivity contribution in [3.05, 3.63) is 53.7 Å². The van der Waals surface area contributed by atoms with Gasteiger partial charge < -0.3 is 15.1 Å². The van der Waals surface area contributed by atoms with Gasteiger partial charge in [0.2, 0.25) is 0 Å². The lowest BCUT2D eigenvalue weighted by Gasteiger charge is -2.16. The van der Waals surface area contributed by atoms with Crippen LogP contribution >= 0.6 is 0 Å². The molecule has 0 unspecified atom stereocenters. The van der Waals surface area contributed by atoms with Gasteiger partial charge in [-0.3, -0.25) is 4.79 Å². The van der Waals surface area contributed by atoms with Crippen molar-refractivity contribution in [2.24, 2.45) is 0 Å². The van der Waals surface area contributed by atoms with E-state index in [4.69, 9.17) is 10.2 Å². The monoisotopic (exact) mass is 248 g/mol. The molecule has 0 saturated carbocycles.